The zero-order chi connectivity index (χ0) is 23.2. The molecular formula is C22H35N3O5. The summed E-state index contributed by atoms with van der Waals surface area (Å²) >= 11 is 0. The van der Waals surface area contributed by atoms with Gasteiger partial charge in [0.15, 0.2) is 0 Å². The van der Waals surface area contributed by atoms with Gasteiger partial charge in [0.2, 0.25) is 11.8 Å². The van der Waals surface area contributed by atoms with Gasteiger partial charge in [0.25, 0.3) is 0 Å². The summed E-state index contributed by atoms with van der Waals surface area (Å²) in [7, 11) is 0. The number of ether oxygens (including phenoxy) is 1. The Morgan fingerprint density at radius 1 is 1.13 bits per heavy atom. The molecule has 0 saturated carbocycles. The van der Waals surface area contributed by atoms with Crippen molar-refractivity contribution in [3.05, 3.63) is 29.3 Å². The maximum Gasteiger partial charge on any atom is 0.408 e. The first kappa shape index (κ1) is 25.3. The van der Waals surface area contributed by atoms with Crippen LogP contribution in [0.5, 0.6) is 5.75 Å². The highest BCUT2D eigenvalue weighted by Gasteiger charge is 2.35. The number of nitrogens with zero attached hydrogens (tertiary/aromatic N) is 1. The van der Waals surface area contributed by atoms with Gasteiger partial charge in [0.1, 0.15) is 23.9 Å². The molecule has 0 aromatic heterocycles. The maximum absolute atomic E-state index is 13.1. The van der Waals surface area contributed by atoms with Gasteiger partial charge in [-0.25, -0.2) is 4.79 Å². The number of hydrogen-bond acceptors (Lipinski definition) is 5. The number of carbonyl (C=O) groups is 3. The molecular weight excluding hydrogens is 386 g/mol. The minimum Gasteiger partial charge on any atom is -0.507 e. The lowest BCUT2D eigenvalue weighted by molar-refractivity contribution is -0.142. The number of hydrogen-bond donors (Lipinski definition) is 3. The van der Waals surface area contributed by atoms with Gasteiger partial charge >= 0.3 is 6.09 Å². The molecule has 0 aliphatic rings. The number of alkyl carbamates (subject to hydrolysis) is 1. The fraction of sp³-hybridized carbons (Fsp3) is 0.591. The van der Waals surface area contributed by atoms with Crippen molar-refractivity contribution in [1.29, 1.82) is 0 Å². The Labute approximate surface area is 179 Å². The maximum atomic E-state index is 13.1. The van der Waals surface area contributed by atoms with Crippen molar-refractivity contribution in [1.82, 2.24) is 15.5 Å². The Morgan fingerprint density at radius 3 is 2.23 bits per heavy atom. The highest BCUT2D eigenvalue weighted by molar-refractivity contribution is 5.91. The summed E-state index contributed by atoms with van der Waals surface area (Å²) in [4.78, 5) is 39.4. The van der Waals surface area contributed by atoms with E-state index in [2.05, 4.69) is 10.6 Å². The van der Waals surface area contributed by atoms with Crippen molar-refractivity contribution in [3.63, 3.8) is 0 Å². The first-order chi connectivity index (χ1) is 13.7. The standard InChI is InChI=1S/C22H35N3O5/c1-13(2)24-20(28)18(16-11-9-10-15(5)19(16)27)25(14(3)4)17(26)12-23-21(29)30-22(6,7)8/h9-11,13-14,18,27H,12H2,1-8H3,(H,23,29)(H,24,28). The molecule has 30 heavy (non-hydrogen) atoms. The molecule has 1 aromatic rings. The van der Waals surface area contributed by atoms with E-state index in [4.69, 9.17) is 4.74 Å². The quantitative estimate of drug-likeness (QED) is 0.627. The Bertz CT molecular complexity index is 769. The van der Waals surface area contributed by atoms with E-state index in [0.29, 0.717) is 11.1 Å². The molecule has 0 bridgehead atoms. The number of benzene rings is 1. The Balaban J connectivity index is 3.24. The van der Waals surface area contributed by atoms with Crippen LogP contribution in [-0.4, -0.2) is 52.1 Å². The van der Waals surface area contributed by atoms with Gasteiger partial charge in [-0.05, 0) is 61.0 Å². The first-order valence-electron chi connectivity index (χ1n) is 10.1. The number of nitrogens with one attached hydrogen (secondary N) is 2. The molecule has 1 aromatic carbocycles. The number of phenolic OH excluding ortho intramolecular Hbond substituents is 1. The van der Waals surface area contributed by atoms with E-state index in [-0.39, 0.29) is 24.4 Å². The van der Waals surface area contributed by atoms with Crippen LogP contribution in [0.25, 0.3) is 0 Å². The minimum absolute atomic E-state index is 0.0417. The predicted octanol–water partition coefficient (Wildman–Crippen LogP) is 3.03. The number of amides is 3. The summed E-state index contributed by atoms with van der Waals surface area (Å²) in [6, 6.07) is 3.48. The summed E-state index contributed by atoms with van der Waals surface area (Å²) in [6.07, 6.45) is -0.721. The topological polar surface area (TPSA) is 108 Å². The molecule has 3 amide bonds. The van der Waals surface area contributed by atoms with Crippen LogP contribution >= 0.6 is 0 Å². The third-order valence-electron chi connectivity index (χ3n) is 4.15. The van der Waals surface area contributed by atoms with Crippen LogP contribution < -0.4 is 10.6 Å². The average molecular weight is 422 g/mol. The summed E-state index contributed by atoms with van der Waals surface area (Å²) < 4.78 is 5.17. The van der Waals surface area contributed by atoms with Crippen molar-refractivity contribution in [2.75, 3.05) is 6.54 Å². The van der Waals surface area contributed by atoms with Gasteiger partial charge in [0.05, 0.1) is 0 Å². The second-order valence-corrected chi connectivity index (χ2v) is 8.83. The first-order valence-corrected chi connectivity index (χ1v) is 10.1. The van der Waals surface area contributed by atoms with Crippen molar-refractivity contribution < 1.29 is 24.2 Å². The molecule has 8 heteroatoms. The number of aromatic hydroxyl groups is 1. The van der Waals surface area contributed by atoms with Gasteiger partial charge in [-0.3, -0.25) is 9.59 Å². The molecule has 3 N–H and O–H groups in total. The van der Waals surface area contributed by atoms with Crippen LogP contribution in [-0.2, 0) is 14.3 Å². The smallest absolute Gasteiger partial charge is 0.408 e. The minimum atomic E-state index is -1.06. The third-order valence-corrected chi connectivity index (χ3v) is 4.15. The van der Waals surface area contributed by atoms with Crippen LogP contribution in [0.4, 0.5) is 4.79 Å². The van der Waals surface area contributed by atoms with Crippen LogP contribution in [0.3, 0.4) is 0 Å². The lowest BCUT2D eigenvalue weighted by Gasteiger charge is -2.35. The molecule has 0 heterocycles. The van der Waals surface area contributed by atoms with E-state index in [9.17, 15) is 19.5 Å². The number of phenols is 1. The Morgan fingerprint density at radius 2 is 1.73 bits per heavy atom. The van der Waals surface area contributed by atoms with Gasteiger partial charge in [-0.1, -0.05) is 18.2 Å². The Kier molecular flexibility index (Phi) is 8.69. The zero-order valence-electron chi connectivity index (χ0n) is 19.2. The second-order valence-electron chi connectivity index (χ2n) is 8.83. The zero-order valence-corrected chi connectivity index (χ0v) is 19.2. The normalized spacial score (nSPS) is 12.5. The summed E-state index contributed by atoms with van der Waals surface area (Å²) in [5.41, 5.74) is 0.225. The van der Waals surface area contributed by atoms with E-state index >= 15 is 0 Å². The van der Waals surface area contributed by atoms with Gasteiger partial charge < -0.3 is 25.4 Å². The van der Waals surface area contributed by atoms with E-state index in [1.807, 2.05) is 13.8 Å². The molecule has 0 fully saturated rings. The van der Waals surface area contributed by atoms with E-state index in [1.54, 1.807) is 59.7 Å². The number of carbonyl (C=O) groups excluding carboxylic acids is 3. The van der Waals surface area contributed by atoms with Gasteiger partial charge in [-0.15, -0.1) is 0 Å². The van der Waals surface area contributed by atoms with E-state index in [1.165, 1.54) is 4.90 Å². The highest BCUT2D eigenvalue weighted by atomic mass is 16.6. The molecule has 1 atom stereocenters. The van der Waals surface area contributed by atoms with Crippen LogP contribution in [0.1, 0.15) is 65.6 Å². The number of para-hydroxylation sites is 1. The molecule has 8 nitrogen and oxygen atoms in total. The Hall–Kier alpha value is -2.77. The number of rotatable bonds is 7. The summed E-state index contributed by atoms with van der Waals surface area (Å²) in [5, 5.41) is 15.9. The van der Waals surface area contributed by atoms with Gasteiger partial charge in [0, 0.05) is 17.6 Å². The van der Waals surface area contributed by atoms with Crippen molar-refractivity contribution in [2.45, 2.75) is 79.1 Å². The van der Waals surface area contributed by atoms with Crippen molar-refractivity contribution >= 4 is 17.9 Å². The number of aryl methyl sites for hydroxylation is 1. The highest BCUT2D eigenvalue weighted by Crippen LogP contribution is 2.33. The molecule has 1 rings (SSSR count). The van der Waals surface area contributed by atoms with E-state index in [0.717, 1.165) is 0 Å². The van der Waals surface area contributed by atoms with E-state index < -0.39 is 29.6 Å². The largest absolute Gasteiger partial charge is 0.507 e. The fourth-order valence-electron chi connectivity index (χ4n) is 2.97. The van der Waals surface area contributed by atoms with Crippen LogP contribution in [0.15, 0.2) is 18.2 Å². The molecule has 168 valence electrons. The molecule has 0 aliphatic heterocycles. The summed E-state index contributed by atoms with van der Waals surface area (Å²) in [5.74, 6) is -0.925. The lowest BCUT2D eigenvalue weighted by atomic mass is 9.98. The fourth-order valence-corrected chi connectivity index (χ4v) is 2.97. The molecule has 0 spiro atoms. The monoisotopic (exact) mass is 421 g/mol. The molecule has 0 radical (unpaired) electrons. The molecule has 0 saturated heterocycles. The third kappa shape index (κ3) is 7.24. The SMILES string of the molecule is Cc1cccc(C(C(=O)NC(C)C)N(C(=O)CNC(=O)OC(C)(C)C)C(C)C)c1O. The van der Waals surface area contributed by atoms with Crippen LogP contribution in [0.2, 0.25) is 0 Å². The van der Waals surface area contributed by atoms with Gasteiger partial charge in [-0.2, -0.15) is 0 Å². The molecule has 0 aliphatic carbocycles. The van der Waals surface area contributed by atoms with Crippen molar-refractivity contribution in [3.8, 4) is 5.75 Å². The lowest BCUT2D eigenvalue weighted by Crippen LogP contribution is -2.51. The van der Waals surface area contributed by atoms with Crippen molar-refractivity contribution in [2.24, 2.45) is 0 Å². The second kappa shape index (κ2) is 10.3. The van der Waals surface area contributed by atoms with Crippen LogP contribution in [0, 0.1) is 6.92 Å². The molecule has 1 unspecified atom stereocenters. The predicted molar refractivity (Wildman–Crippen MR) is 115 cm³/mol. The summed E-state index contributed by atoms with van der Waals surface area (Å²) in [6.45, 7) is 13.7. The average Bonchev–Trinajstić information content (AvgIpc) is 2.57.